The zero-order chi connectivity index (χ0) is 17.6. The highest BCUT2D eigenvalue weighted by molar-refractivity contribution is 6.01. The Hall–Kier alpha value is -2.56. The molecule has 0 atom stereocenters. The van der Waals surface area contributed by atoms with E-state index < -0.39 is 5.41 Å². The van der Waals surface area contributed by atoms with Crippen molar-refractivity contribution in [2.24, 2.45) is 5.41 Å². The summed E-state index contributed by atoms with van der Waals surface area (Å²) in [6.07, 6.45) is 0.709. The van der Waals surface area contributed by atoms with E-state index in [0.29, 0.717) is 6.42 Å². The molecule has 24 heavy (non-hydrogen) atoms. The van der Waals surface area contributed by atoms with Crippen LogP contribution in [0.4, 0.5) is 10.5 Å². The first-order chi connectivity index (χ1) is 11.4. The van der Waals surface area contributed by atoms with Gasteiger partial charge in [0.05, 0.1) is 17.6 Å². The number of amides is 2. The number of carbonyl (C=O) groups excluding carboxylic acids is 2. The van der Waals surface area contributed by atoms with E-state index in [4.69, 9.17) is 4.74 Å². The summed E-state index contributed by atoms with van der Waals surface area (Å²) in [7, 11) is 0. The van der Waals surface area contributed by atoms with Crippen LogP contribution in [0, 0.1) is 5.41 Å². The molecule has 0 saturated heterocycles. The van der Waals surface area contributed by atoms with Crippen LogP contribution in [0.5, 0.6) is 0 Å². The van der Waals surface area contributed by atoms with Gasteiger partial charge in [0.1, 0.15) is 6.61 Å². The van der Waals surface area contributed by atoms with Gasteiger partial charge in [0.25, 0.3) is 0 Å². The van der Waals surface area contributed by atoms with Gasteiger partial charge in [-0.05, 0) is 31.7 Å². The first kappa shape index (κ1) is 17.8. The Morgan fingerprint density at radius 3 is 2.54 bits per heavy atom. The van der Waals surface area contributed by atoms with Crippen molar-refractivity contribution < 1.29 is 14.3 Å². The molecule has 5 heteroatoms. The minimum atomic E-state index is -0.495. The van der Waals surface area contributed by atoms with E-state index in [1.54, 1.807) is 0 Å². The van der Waals surface area contributed by atoms with Crippen molar-refractivity contribution in [2.45, 2.75) is 27.2 Å². The van der Waals surface area contributed by atoms with Crippen LogP contribution in [-0.2, 0) is 9.53 Å². The molecule has 2 aromatic rings. The monoisotopic (exact) mass is 328 g/mol. The summed E-state index contributed by atoms with van der Waals surface area (Å²) in [4.78, 5) is 23.8. The van der Waals surface area contributed by atoms with Crippen LogP contribution >= 0.6 is 0 Å². The van der Waals surface area contributed by atoms with E-state index in [0.717, 1.165) is 16.5 Å². The first-order valence-corrected chi connectivity index (χ1v) is 8.14. The molecule has 0 heterocycles. The summed E-state index contributed by atoms with van der Waals surface area (Å²) in [6, 6.07) is 13.3. The van der Waals surface area contributed by atoms with Crippen molar-refractivity contribution in [3.63, 3.8) is 0 Å². The fourth-order valence-electron chi connectivity index (χ4n) is 2.15. The topological polar surface area (TPSA) is 67.4 Å². The second-order valence-electron chi connectivity index (χ2n) is 6.28. The summed E-state index contributed by atoms with van der Waals surface area (Å²) in [6.45, 7) is 6.05. The Morgan fingerprint density at radius 2 is 1.79 bits per heavy atom. The predicted molar refractivity (Wildman–Crippen MR) is 96.0 cm³/mol. The average Bonchev–Trinajstić information content (AvgIpc) is 2.58. The van der Waals surface area contributed by atoms with Gasteiger partial charge < -0.3 is 15.4 Å². The lowest BCUT2D eigenvalue weighted by molar-refractivity contribution is -0.153. The summed E-state index contributed by atoms with van der Waals surface area (Å²) in [5.41, 5.74) is 0.250. The molecule has 5 nitrogen and oxygen atoms in total. The van der Waals surface area contributed by atoms with Crippen molar-refractivity contribution >= 4 is 28.5 Å². The van der Waals surface area contributed by atoms with E-state index in [1.165, 1.54) is 0 Å². The molecule has 0 spiro atoms. The Labute approximate surface area is 142 Å². The van der Waals surface area contributed by atoms with E-state index in [1.807, 2.05) is 63.2 Å². The van der Waals surface area contributed by atoms with E-state index in [2.05, 4.69) is 10.6 Å². The molecular weight excluding hydrogens is 304 g/mol. The molecule has 0 unspecified atom stereocenters. The lowest BCUT2D eigenvalue weighted by Gasteiger charge is -2.20. The number of fused-ring (bicyclic) bond motifs is 1. The number of hydrogen-bond donors (Lipinski definition) is 2. The number of ether oxygens (including phenoxy) is 1. The molecule has 2 rings (SSSR count). The van der Waals surface area contributed by atoms with Gasteiger partial charge in [0.15, 0.2) is 0 Å². The van der Waals surface area contributed by atoms with Gasteiger partial charge in [-0.3, -0.25) is 4.79 Å². The molecule has 0 fully saturated rings. The van der Waals surface area contributed by atoms with Gasteiger partial charge >= 0.3 is 12.0 Å². The number of anilines is 1. The van der Waals surface area contributed by atoms with Crippen molar-refractivity contribution in [3.8, 4) is 0 Å². The van der Waals surface area contributed by atoms with Gasteiger partial charge in [-0.2, -0.15) is 0 Å². The number of nitrogens with one attached hydrogen (secondary N) is 2. The first-order valence-electron chi connectivity index (χ1n) is 8.14. The van der Waals surface area contributed by atoms with Gasteiger partial charge in [0.2, 0.25) is 0 Å². The van der Waals surface area contributed by atoms with Gasteiger partial charge in [-0.25, -0.2) is 4.79 Å². The Bertz CT molecular complexity index is 720. The Balaban J connectivity index is 1.82. The van der Waals surface area contributed by atoms with Crippen LogP contribution in [0.3, 0.4) is 0 Å². The van der Waals surface area contributed by atoms with Gasteiger partial charge in [0, 0.05) is 5.39 Å². The number of urea groups is 1. The minimum absolute atomic E-state index is 0.158. The fraction of sp³-hybridized carbons (Fsp3) is 0.368. The van der Waals surface area contributed by atoms with Crippen LogP contribution in [0.15, 0.2) is 42.5 Å². The van der Waals surface area contributed by atoms with Crippen molar-refractivity contribution in [3.05, 3.63) is 42.5 Å². The number of hydrogen-bond acceptors (Lipinski definition) is 3. The molecule has 0 bridgehead atoms. The molecule has 0 radical (unpaired) electrons. The summed E-state index contributed by atoms with van der Waals surface area (Å²) in [5, 5.41) is 7.56. The zero-order valence-corrected chi connectivity index (χ0v) is 14.4. The highest BCUT2D eigenvalue weighted by Gasteiger charge is 2.26. The lowest BCUT2D eigenvalue weighted by Crippen LogP contribution is -2.34. The van der Waals surface area contributed by atoms with Crippen molar-refractivity contribution in [2.75, 3.05) is 18.5 Å². The number of esters is 1. The Kier molecular flexibility index (Phi) is 5.79. The van der Waals surface area contributed by atoms with E-state index in [9.17, 15) is 9.59 Å². The second kappa shape index (κ2) is 7.81. The predicted octanol–water partition coefficient (Wildman–Crippen LogP) is 3.94. The third kappa shape index (κ3) is 4.47. The summed E-state index contributed by atoms with van der Waals surface area (Å²) >= 11 is 0. The van der Waals surface area contributed by atoms with Crippen LogP contribution < -0.4 is 10.6 Å². The van der Waals surface area contributed by atoms with Gasteiger partial charge in [-0.1, -0.05) is 43.3 Å². The SMILES string of the molecule is CCC(C)(C)C(=O)OCCNC(=O)Nc1cccc2ccccc12. The fourth-order valence-corrected chi connectivity index (χ4v) is 2.15. The zero-order valence-electron chi connectivity index (χ0n) is 14.4. The highest BCUT2D eigenvalue weighted by Crippen LogP contribution is 2.23. The normalized spacial score (nSPS) is 11.1. The molecule has 128 valence electrons. The molecule has 0 saturated carbocycles. The average molecular weight is 328 g/mol. The number of benzene rings is 2. The number of carbonyl (C=O) groups is 2. The molecule has 2 aromatic carbocycles. The summed E-state index contributed by atoms with van der Waals surface area (Å²) < 4.78 is 5.19. The van der Waals surface area contributed by atoms with Crippen molar-refractivity contribution in [1.29, 1.82) is 0 Å². The second-order valence-corrected chi connectivity index (χ2v) is 6.28. The molecule has 0 aliphatic carbocycles. The molecule has 2 N–H and O–H groups in total. The van der Waals surface area contributed by atoms with Crippen LogP contribution in [-0.4, -0.2) is 25.2 Å². The molecular formula is C19H24N2O3. The van der Waals surface area contributed by atoms with E-state index >= 15 is 0 Å². The maximum absolute atomic E-state index is 12.0. The third-order valence-electron chi connectivity index (χ3n) is 4.10. The largest absolute Gasteiger partial charge is 0.463 e. The van der Waals surface area contributed by atoms with Crippen LogP contribution in [0.1, 0.15) is 27.2 Å². The van der Waals surface area contributed by atoms with Crippen molar-refractivity contribution in [1.82, 2.24) is 5.32 Å². The molecule has 0 aliphatic heterocycles. The molecule has 2 amide bonds. The smallest absolute Gasteiger partial charge is 0.319 e. The lowest BCUT2D eigenvalue weighted by atomic mass is 9.91. The van der Waals surface area contributed by atoms with Crippen LogP contribution in [0.2, 0.25) is 0 Å². The van der Waals surface area contributed by atoms with Crippen LogP contribution in [0.25, 0.3) is 10.8 Å². The quantitative estimate of drug-likeness (QED) is 0.623. The molecule has 0 aliphatic rings. The third-order valence-corrected chi connectivity index (χ3v) is 4.10. The standard InChI is InChI=1S/C19H24N2O3/c1-4-19(2,3)17(22)24-13-12-20-18(23)21-16-11-7-9-14-8-5-6-10-15(14)16/h5-11H,4,12-13H2,1-3H3,(H2,20,21,23). The summed E-state index contributed by atoms with van der Waals surface area (Å²) in [5.74, 6) is -0.249. The minimum Gasteiger partial charge on any atom is -0.463 e. The molecule has 0 aromatic heterocycles. The van der Waals surface area contributed by atoms with Gasteiger partial charge in [-0.15, -0.1) is 0 Å². The van der Waals surface area contributed by atoms with E-state index in [-0.39, 0.29) is 25.2 Å². The Morgan fingerprint density at radius 1 is 1.08 bits per heavy atom. The maximum Gasteiger partial charge on any atom is 0.319 e. The highest BCUT2D eigenvalue weighted by atomic mass is 16.5. The number of rotatable bonds is 6. The maximum atomic E-state index is 12.0.